The standard InChI is InChI=1S/C20H30ClFN2O3/c1-19(2,3)17(25)12-24-7-5-20(22,6-8-24)13-23-18(26)14-9-15(21)11-16(10-14)27-4/h9-11,17,25H,5-8,12-13H2,1-4H3,(H,23,26)/t17-/m0/s1. The molecule has 2 N–H and O–H groups in total. The second kappa shape index (κ2) is 8.76. The maximum Gasteiger partial charge on any atom is 0.251 e. The van der Waals surface area contributed by atoms with Crippen molar-refractivity contribution < 1.29 is 19.0 Å². The quantitative estimate of drug-likeness (QED) is 0.769. The minimum atomic E-state index is -1.44. The number of amides is 1. The van der Waals surface area contributed by atoms with Crippen molar-refractivity contribution >= 4 is 17.5 Å². The van der Waals surface area contributed by atoms with Gasteiger partial charge in [0.15, 0.2) is 0 Å². The van der Waals surface area contributed by atoms with E-state index in [1.807, 2.05) is 20.8 Å². The van der Waals surface area contributed by atoms with Gasteiger partial charge in [0.25, 0.3) is 5.91 Å². The number of hydrogen-bond acceptors (Lipinski definition) is 4. The molecule has 1 heterocycles. The van der Waals surface area contributed by atoms with Crippen LogP contribution in [0, 0.1) is 5.41 Å². The first kappa shape index (κ1) is 21.9. The SMILES string of the molecule is COc1cc(Cl)cc(C(=O)NCC2(F)CCN(C[C@H](O)C(C)(C)C)CC2)c1. The van der Waals surface area contributed by atoms with Crippen LogP contribution in [0.3, 0.4) is 0 Å². The van der Waals surface area contributed by atoms with Crippen molar-refractivity contribution in [2.75, 3.05) is 33.3 Å². The van der Waals surface area contributed by atoms with E-state index in [-0.39, 0.29) is 17.9 Å². The van der Waals surface area contributed by atoms with Gasteiger partial charge in [-0.3, -0.25) is 4.79 Å². The molecule has 0 saturated carbocycles. The molecule has 1 fully saturated rings. The number of nitrogens with one attached hydrogen (secondary N) is 1. The molecule has 0 radical (unpaired) electrons. The molecule has 1 atom stereocenters. The van der Waals surface area contributed by atoms with Crippen molar-refractivity contribution in [3.63, 3.8) is 0 Å². The van der Waals surface area contributed by atoms with Crippen LogP contribution in [0.2, 0.25) is 5.02 Å². The summed E-state index contributed by atoms with van der Waals surface area (Å²) in [6.07, 6.45) is 0.188. The molecular weight excluding hydrogens is 371 g/mol. The number of piperidine rings is 1. The van der Waals surface area contributed by atoms with Crippen LogP contribution in [0.4, 0.5) is 4.39 Å². The summed E-state index contributed by atoms with van der Waals surface area (Å²) in [6, 6.07) is 4.71. The molecule has 0 bridgehead atoms. The summed E-state index contributed by atoms with van der Waals surface area (Å²) in [5, 5.41) is 13.3. The Morgan fingerprint density at radius 1 is 1.37 bits per heavy atom. The third kappa shape index (κ3) is 6.33. The molecule has 0 aliphatic carbocycles. The Bertz CT molecular complexity index is 655. The third-order valence-electron chi connectivity index (χ3n) is 5.12. The first-order chi connectivity index (χ1) is 12.5. The molecule has 1 aliphatic rings. The highest BCUT2D eigenvalue weighted by Crippen LogP contribution is 2.28. The summed E-state index contributed by atoms with van der Waals surface area (Å²) in [4.78, 5) is 14.4. The lowest BCUT2D eigenvalue weighted by molar-refractivity contribution is -0.00179. The molecule has 7 heteroatoms. The predicted molar refractivity (Wildman–Crippen MR) is 105 cm³/mol. The van der Waals surface area contributed by atoms with Gasteiger partial charge in [0.2, 0.25) is 0 Å². The molecule has 1 aromatic carbocycles. The molecule has 0 aromatic heterocycles. The van der Waals surface area contributed by atoms with Gasteiger partial charge in [0.05, 0.1) is 19.8 Å². The fourth-order valence-corrected chi connectivity index (χ4v) is 3.21. The fourth-order valence-electron chi connectivity index (χ4n) is 2.98. The van der Waals surface area contributed by atoms with Crippen LogP contribution in [0.25, 0.3) is 0 Å². The molecule has 1 saturated heterocycles. The number of ether oxygens (including phenoxy) is 1. The highest BCUT2D eigenvalue weighted by atomic mass is 35.5. The van der Waals surface area contributed by atoms with E-state index in [2.05, 4.69) is 10.2 Å². The number of methoxy groups -OCH3 is 1. The lowest BCUT2D eigenvalue weighted by atomic mass is 9.87. The molecule has 5 nitrogen and oxygen atoms in total. The van der Waals surface area contributed by atoms with Crippen LogP contribution in [0.1, 0.15) is 44.0 Å². The first-order valence-electron chi connectivity index (χ1n) is 9.24. The number of alkyl halides is 1. The third-order valence-corrected chi connectivity index (χ3v) is 5.34. The number of aliphatic hydroxyl groups is 1. The zero-order chi connectivity index (χ0) is 20.2. The van der Waals surface area contributed by atoms with E-state index < -0.39 is 11.8 Å². The average molecular weight is 401 g/mol. The van der Waals surface area contributed by atoms with Crippen molar-refractivity contribution in [1.82, 2.24) is 10.2 Å². The lowest BCUT2D eigenvalue weighted by Gasteiger charge is -2.39. The van der Waals surface area contributed by atoms with Crippen LogP contribution < -0.4 is 10.1 Å². The molecule has 2 rings (SSSR count). The zero-order valence-electron chi connectivity index (χ0n) is 16.5. The number of aliphatic hydroxyl groups excluding tert-OH is 1. The normalized spacial score (nSPS) is 18.8. The number of halogens is 2. The van der Waals surface area contributed by atoms with Gasteiger partial charge in [-0.2, -0.15) is 0 Å². The summed E-state index contributed by atoms with van der Waals surface area (Å²) in [5.41, 5.74) is -1.30. The fraction of sp³-hybridized carbons (Fsp3) is 0.650. The maximum atomic E-state index is 15.1. The minimum Gasteiger partial charge on any atom is -0.497 e. The molecule has 1 amide bonds. The van der Waals surface area contributed by atoms with E-state index in [0.717, 1.165) is 0 Å². The van der Waals surface area contributed by atoms with Gasteiger partial charge in [0, 0.05) is 30.2 Å². The Hall–Kier alpha value is -1.37. The van der Waals surface area contributed by atoms with E-state index in [9.17, 15) is 9.90 Å². The smallest absolute Gasteiger partial charge is 0.251 e. The van der Waals surface area contributed by atoms with Gasteiger partial charge >= 0.3 is 0 Å². The summed E-state index contributed by atoms with van der Waals surface area (Å²) in [6.45, 7) is 7.57. The highest BCUT2D eigenvalue weighted by molar-refractivity contribution is 6.31. The number of rotatable bonds is 6. The Kier molecular flexibility index (Phi) is 7.11. The van der Waals surface area contributed by atoms with Crippen LogP contribution in [-0.2, 0) is 0 Å². The molecule has 0 spiro atoms. The number of nitrogens with zero attached hydrogens (tertiary/aromatic N) is 1. The highest BCUT2D eigenvalue weighted by Gasteiger charge is 2.36. The van der Waals surface area contributed by atoms with E-state index in [1.54, 1.807) is 12.1 Å². The molecular formula is C20H30ClFN2O3. The number of β-amino-alcohol motifs (C(OH)–C–C–N with tert-alkyl or cyclic N) is 1. The Morgan fingerprint density at radius 3 is 2.56 bits per heavy atom. The minimum absolute atomic E-state index is 0.0453. The van der Waals surface area contributed by atoms with Crippen molar-refractivity contribution in [2.24, 2.45) is 5.41 Å². The lowest BCUT2D eigenvalue weighted by Crippen LogP contribution is -2.50. The Balaban J connectivity index is 1.86. The second-order valence-electron chi connectivity index (χ2n) is 8.40. The first-order valence-corrected chi connectivity index (χ1v) is 9.62. The van der Waals surface area contributed by atoms with Crippen molar-refractivity contribution in [1.29, 1.82) is 0 Å². The van der Waals surface area contributed by atoms with Crippen molar-refractivity contribution in [3.05, 3.63) is 28.8 Å². The zero-order valence-corrected chi connectivity index (χ0v) is 17.3. The van der Waals surface area contributed by atoms with E-state index in [4.69, 9.17) is 16.3 Å². The van der Waals surface area contributed by atoms with Crippen LogP contribution in [0.15, 0.2) is 18.2 Å². The van der Waals surface area contributed by atoms with Gasteiger partial charge in [0.1, 0.15) is 11.4 Å². The summed E-state index contributed by atoms with van der Waals surface area (Å²) in [5.74, 6) is 0.103. The predicted octanol–water partition coefficient (Wildman–Crippen LogP) is 3.29. The van der Waals surface area contributed by atoms with Gasteiger partial charge in [-0.1, -0.05) is 32.4 Å². The molecule has 1 aromatic rings. The van der Waals surface area contributed by atoms with Crippen molar-refractivity contribution in [2.45, 2.75) is 45.4 Å². The van der Waals surface area contributed by atoms with Gasteiger partial charge in [-0.05, 0) is 36.5 Å². The van der Waals surface area contributed by atoms with Crippen LogP contribution in [0.5, 0.6) is 5.75 Å². The average Bonchev–Trinajstić information content (AvgIpc) is 2.60. The number of hydrogen-bond donors (Lipinski definition) is 2. The van der Waals surface area contributed by atoms with Gasteiger partial charge in [-0.25, -0.2) is 4.39 Å². The summed E-state index contributed by atoms with van der Waals surface area (Å²) in [7, 11) is 1.49. The van der Waals surface area contributed by atoms with E-state index >= 15 is 4.39 Å². The van der Waals surface area contributed by atoms with Crippen LogP contribution >= 0.6 is 11.6 Å². The summed E-state index contributed by atoms with van der Waals surface area (Å²) >= 11 is 5.98. The van der Waals surface area contributed by atoms with E-state index in [1.165, 1.54) is 13.2 Å². The van der Waals surface area contributed by atoms with E-state index in [0.29, 0.717) is 48.8 Å². The van der Waals surface area contributed by atoms with Crippen LogP contribution in [-0.4, -0.2) is 61.0 Å². The van der Waals surface area contributed by atoms with Gasteiger partial charge < -0.3 is 20.1 Å². The maximum absolute atomic E-state index is 15.1. The second-order valence-corrected chi connectivity index (χ2v) is 8.83. The number of benzene rings is 1. The number of likely N-dealkylation sites (tertiary alicyclic amines) is 1. The van der Waals surface area contributed by atoms with Gasteiger partial charge in [-0.15, -0.1) is 0 Å². The monoisotopic (exact) mass is 400 g/mol. The molecule has 152 valence electrons. The number of carbonyl (C=O) groups excluding carboxylic acids is 1. The van der Waals surface area contributed by atoms with Crippen molar-refractivity contribution in [3.8, 4) is 5.75 Å². The topological polar surface area (TPSA) is 61.8 Å². The molecule has 1 aliphatic heterocycles. The summed E-state index contributed by atoms with van der Waals surface area (Å²) < 4.78 is 20.2. The molecule has 0 unspecified atom stereocenters. The Labute approximate surface area is 165 Å². The number of carbonyl (C=O) groups is 1. The largest absolute Gasteiger partial charge is 0.497 e. The molecule has 27 heavy (non-hydrogen) atoms. The Morgan fingerprint density at radius 2 is 2.00 bits per heavy atom.